The number of hydrogen-bond acceptors (Lipinski definition) is 5. The molecule has 2 aliphatic carbocycles. The number of aryl methyl sites for hydroxylation is 2. The van der Waals surface area contributed by atoms with Gasteiger partial charge in [0.15, 0.2) is 0 Å². The van der Waals surface area contributed by atoms with Gasteiger partial charge in [-0.15, -0.1) is 0 Å². The molecule has 0 unspecified atom stereocenters. The van der Waals surface area contributed by atoms with E-state index in [1.807, 2.05) is 0 Å². The molecule has 0 bridgehead atoms. The Balaban J connectivity index is 0.00000272. The second kappa shape index (κ2) is 9.30. The fourth-order valence-electron chi connectivity index (χ4n) is 4.43. The molecule has 3 amide bonds. The zero-order chi connectivity index (χ0) is 21.7. The summed E-state index contributed by atoms with van der Waals surface area (Å²) in [5.74, 6) is 0. The maximum absolute atomic E-state index is 12.6. The number of amides is 3. The van der Waals surface area contributed by atoms with Crippen molar-refractivity contribution < 1.29 is 22.7 Å². The van der Waals surface area contributed by atoms with Gasteiger partial charge < -0.3 is 15.0 Å². The maximum Gasteiger partial charge on any atom is 0.410 e. The molecule has 1 saturated heterocycles. The number of nitrogens with zero attached hydrogens (tertiary/aromatic N) is 1. The summed E-state index contributed by atoms with van der Waals surface area (Å²) in [7, 11) is -3.89. The van der Waals surface area contributed by atoms with E-state index in [-0.39, 0.29) is 64.5 Å². The number of benzene rings is 1. The van der Waals surface area contributed by atoms with E-state index >= 15 is 0 Å². The van der Waals surface area contributed by atoms with Gasteiger partial charge in [-0.3, -0.25) is 0 Å². The molecule has 8 nitrogen and oxygen atoms in total. The van der Waals surface area contributed by atoms with Gasteiger partial charge in [0.05, 0.1) is 0 Å². The van der Waals surface area contributed by atoms with Crippen LogP contribution in [0.1, 0.15) is 55.9 Å². The Kier molecular flexibility index (Phi) is 7.50. The van der Waals surface area contributed by atoms with Crippen molar-refractivity contribution in [2.24, 2.45) is 0 Å². The van der Waals surface area contributed by atoms with Crippen molar-refractivity contribution in [3.63, 3.8) is 0 Å². The van der Waals surface area contributed by atoms with Gasteiger partial charge in [0.25, 0.3) is 0 Å². The SMILES string of the molecule is CC(C)(C)OC(=O)N1CC(S(=O)(=O)NC(=O)Nc2c3c(cc4c2CCC4)CCC3)C1.[K]. The van der Waals surface area contributed by atoms with Gasteiger partial charge >= 0.3 is 12.1 Å². The third-order valence-electron chi connectivity index (χ3n) is 5.89. The summed E-state index contributed by atoms with van der Waals surface area (Å²) < 4.78 is 32.5. The monoisotopic (exact) mass is 474 g/mol. The van der Waals surface area contributed by atoms with Gasteiger partial charge in [0, 0.05) is 70.2 Å². The van der Waals surface area contributed by atoms with Crippen LogP contribution in [0.5, 0.6) is 0 Å². The van der Waals surface area contributed by atoms with Crippen LogP contribution in [0.3, 0.4) is 0 Å². The van der Waals surface area contributed by atoms with Crippen LogP contribution in [0.25, 0.3) is 0 Å². The van der Waals surface area contributed by atoms with Crippen LogP contribution in [-0.4, -0.2) is 101 Å². The molecule has 165 valence electrons. The van der Waals surface area contributed by atoms with Crippen LogP contribution in [-0.2, 0) is 40.4 Å². The molecule has 0 spiro atoms. The Morgan fingerprint density at radius 3 is 2.10 bits per heavy atom. The van der Waals surface area contributed by atoms with Gasteiger partial charge in [-0.25, -0.2) is 22.7 Å². The Morgan fingerprint density at radius 1 is 1.03 bits per heavy atom. The van der Waals surface area contributed by atoms with Crippen LogP contribution in [0.15, 0.2) is 6.07 Å². The molecule has 0 saturated carbocycles. The van der Waals surface area contributed by atoms with Crippen molar-refractivity contribution in [1.82, 2.24) is 9.62 Å². The van der Waals surface area contributed by atoms with Gasteiger partial charge in [-0.2, -0.15) is 0 Å². The number of likely N-dealkylation sites (tertiary alicyclic amines) is 1. The number of hydrogen-bond donors (Lipinski definition) is 2. The van der Waals surface area contributed by atoms with E-state index in [0.29, 0.717) is 0 Å². The summed E-state index contributed by atoms with van der Waals surface area (Å²) in [6, 6.07) is 1.52. The summed E-state index contributed by atoms with van der Waals surface area (Å²) in [6.45, 7) is 5.27. The van der Waals surface area contributed by atoms with Crippen molar-refractivity contribution >= 4 is 79.2 Å². The molecule has 0 atom stereocenters. The third-order valence-corrected chi connectivity index (χ3v) is 7.53. The molecule has 10 heteroatoms. The fraction of sp³-hybridized carbons (Fsp3) is 0.619. The molecule has 31 heavy (non-hydrogen) atoms. The summed E-state index contributed by atoms with van der Waals surface area (Å²) in [6.07, 6.45) is 5.36. The zero-order valence-electron chi connectivity index (χ0n) is 18.7. The Bertz CT molecular complexity index is 965. The molecular formula is C21H29KN3O5S. The predicted octanol–water partition coefficient (Wildman–Crippen LogP) is 2.35. The molecule has 1 heterocycles. The van der Waals surface area contributed by atoms with Crippen LogP contribution in [0.2, 0.25) is 0 Å². The summed E-state index contributed by atoms with van der Waals surface area (Å²) in [5.41, 5.74) is 4.97. The van der Waals surface area contributed by atoms with Crippen molar-refractivity contribution in [1.29, 1.82) is 0 Å². The first-order valence-electron chi connectivity index (χ1n) is 10.5. The number of anilines is 1. The van der Waals surface area contributed by atoms with E-state index in [9.17, 15) is 18.0 Å². The molecule has 3 aliphatic rings. The summed E-state index contributed by atoms with van der Waals surface area (Å²) in [4.78, 5) is 25.9. The molecule has 0 aromatic heterocycles. The van der Waals surface area contributed by atoms with E-state index < -0.39 is 33.0 Å². The Morgan fingerprint density at radius 2 is 1.58 bits per heavy atom. The topological polar surface area (TPSA) is 105 Å². The summed E-state index contributed by atoms with van der Waals surface area (Å²) >= 11 is 0. The second-order valence-electron chi connectivity index (χ2n) is 9.34. The molecular weight excluding hydrogens is 445 g/mol. The van der Waals surface area contributed by atoms with Gasteiger partial charge in [-0.05, 0) is 81.5 Å². The minimum Gasteiger partial charge on any atom is -0.444 e. The first-order chi connectivity index (χ1) is 14.0. The van der Waals surface area contributed by atoms with Crippen LogP contribution in [0.4, 0.5) is 15.3 Å². The minimum absolute atomic E-state index is 0. The largest absolute Gasteiger partial charge is 0.444 e. The molecule has 1 aliphatic heterocycles. The quantitative estimate of drug-likeness (QED) is 0.655. The molecule has 2 N–H and O–H groups in total. The van der Waals surface area contributed by atoms with Crippen molar-refractivity contribution in [2.75, 3.05) is 18.4 Å². The van der Waals surface area contributed by atoms with Gasteiger partial charge in [0.2, 0.25) is 10.0 Å². The average Bonchev–Trinajstić information content (AvgIpc) is 3.18. The van der Waals surface area contributed by atoms with E-state index in [4.69, 9.17) is 4.74 Å². The molecule has 1 aromatic carbocycles. The number of carbonyl (C=O) groups is 2. The van der Waals surface area contributed by atoms with E-state index in [0.717, 1.165) is 55.3 Å². The summed E-state index contributed by atoms with van der Waals surface area (Å²) in [5, 5.41) is 2.00. The molecule has 1 aromatic rings. The fourth-order valence-corrected chi connectivity index (χ4v) is 5.66. The van der Waals surface area contributed by atoms with Crippen LogP contribution in [0, 0.1) is 0 Å². The average molecular weight is 475 g/mol. The molecule has 4 rings (SSSR count). The normalized spacial score (nSPS) is 17.8. The predicted molar refractivity (Wildman–Crippen MR) is 119 cm³/mol. The Labute approximate surface area is 226 Å². The second-order valence-corrected chi connectivity index (χ2v) is 11.3. The molecule has 1 fully saturated rings. The number of carbonyl (C=O) groups excluding carboxylic acids is 2. The number of sulfonamides is 1. The van der Waals surface area contributed by atoms with Crippen molar-refractivity contribution in [3.05, 3.63) is 28.3 Å². The Hall–Kier alpha value is -0.654. The van der Waals surface area contributed by atoms with E-state index in [2.05, 4.69) is 16.1 Å². The number of nitrogens with one attached hydrogen (secondary N) is 2. The smallest absolute Gasteiger partial charge is 0.410 e. The van der Waals surface area contributed by atoms with E-state index in [1.54, 1.807) is 20.8 Å². The first kappa shape index (κ1) is 25.0. The number of fused-ring (bicyclic) bond motifs is 2. The van der Waals surface area contributed by atoms with E-state index in [1.165, 1.54) is 16.0 Å². The van der Waals surface area contributed by atoms with Crippen molar-refractivity contribution in [3.8, 4) is 0 Å². The minimum atomic E-state index is -3.89. The van der Waals surface area contributed by atoms with Crippen molar-refractivity contribution in [2.45, 2.75) is 70.1 Å². The van der Waals surface area contributed by atoms with Crippen LogP contribution >= 0.6 is 0 Å². The zero-order valence-corrected chi connectivity index (χ0v) is 22.6. The maximum atomic E-state index is 12.6. The first-order valence-corrected chi connectivity index (χ1v) is 12.1. The standard InChI is InChI=1S/C21H29N3O5S.K/c1-21(2,3)29-20(26)24-11-15(12-24)30(27,28)23-19(25)22-18-16-8-4-6-13(16)10-14-7-5-9-17(14)18;/h10,15H,4-9,11-12H2,1-3H3,(H2,22,23,25);. The third kappa shape index (κ3) is 5.47. The van der Waals surface area contributed by atoms with Gasteiger partial charge in [0.1, 0.15) is 10.9 Å². The number of rotatable bonds is 3. The number of ether oxygens (including phenoxy) is 1. The van der Waals surface area contributed by atoms with Crippen LogP contribution < -0.4 is 10.0 Å². The number of urea groups is 1. The van der Waals surface area contributed by atoms with Gasteiger partial charge in [-0.1, -0.05) is 6.07 Å². The molecule has 1 radical (unpaired) electrons.